The number of rotatable bonds is 4. The van der Waals surface area contributed by atoms with E-state index < -0.39 is 0 Å². The summed E-state index contributed by atoms with van der Waals surface area (Å²) < 4.78 is 0. The molecule has 0 radical (unpaired) electrons. The van der Waals surface area contributed by atoms with E-state index in [0.717, 1.165) is 52.1 Å². The van der Waals surface area contributed by atoms with E-state index in [4.69, 9.17) is 18.2 Å². The number of aliphatic hydroxyl groups is 1. The first-order chi connectivity index (χ1) is 14.0. The lowest BCUT2D eigenvalue weighted by atomic mass is 10.1. The van der Waals surface area contributed by atoms with Gasteiger partial charge in [-0.05, 0) is 43.0 Å². The number of halogens is 1. The number of aromatic nitrogens is 2. The third-order valence-electron chi connectivity index (χ3n) is 5.27. The van der Waals surface area contributed by atoms with Gasteiger partial charge in [-0.25, -0.2) is 4.85 Å². The van der Waals surface area contributed by atoms with Crippen LogP contribution in [0, 0.1) is 13.5 Å². The Morgan fingerprint density at radius 2 is 2.10 bits per heavy atom. The van der Waals surface area contributed by atoms with Gasteiger partial charge in [0.2, 0.25) is 0 Å². The number of aryl methyl sites for hydroxylation is 1. The summed E-state index contributed by atoms with van der Waals surface area (Å²) in [5.74, 6) is 1.38. The molecule has 1 fully saturated rings. The number of hydrogen-bond donors (Lipinski definition) is 2. The third kappa shape index (κ3) is 4.12. The quantitative estimate of drug-likeness (QED) is 0.613. The van der Waals surface area contributed by atoms with Crippen LogP contribution in [0.5, 0.6) is 0 Å². The molecule has 1 aromatic heterocycles. The van der Waals surface area contributed by atoms with Gasteiger partial charge in [0.1, 0.15) is 0 Å². The van der Waals surface area contributed by atoms with Crippen LogP contribution in [0.3, 0.4) is 0 Å². The monoisotopic (exact) mass is 407 g/mol. The van der Waals surface area contributed by atoms with Gasteiger partial charge in [-0.1, -0.05) is 35.9 Å². The number of nitrogens with zero attached hydrogens (tertiary/aromatic N) is 4. The van der Waals surface area contributed by atoms with Crippen molar-refractivity contribution in [2.24, 2.45) is 0 Å². The van der Waals surface area contributed by atoms with Gasteiger partial charge in [0.25, 0.3) is 0 Å². The normalized spacial score (nSPS) is 16.6. The van der Waals surface area contributed by atoms with E-state index in [2.05, 4.69) is 25.3 Å². The van der Waals surface area contributed by atoms with Crippen LogP contribution in [0.1, 0.15) is 24.0 Å². The molecular weight excluding hydrogens is 386 g/mol. The second-order valence-corrected chi connectivity index (χ2v) is 7.80. The van der Waals surface area contributed by atoms with Gasteiger partial charge in [-0.3, -0.25) is 0 Å². The Labute approximate surface area is 175 Å². The molecule has 4 rings (SSSR count). The topological polar surface area (TPSA) is 65.6 Å². The Hall–Kier alpha value is -2.88. The average Bonchev–Trinajstić information content (AvgIpc) is 2.74. The zero-order chi connectivity index (χ0) is 20.4. The largest absolute Gasteiger partial charge is 0.391 e. The number of fused-ring (bicyclic) bond motifs is 1. The van der Waals surface area contributed by atoms with Crippen molar-refractivity contribution in [1.29, 1.82) is 0 Å². The Bertz CT molecular complexity index is 1090. The van der Waals surface area contributed by atoms with Gasteiger partial charge < -0.3 is 15.3 Å². The van der Waals surface area contributed by atoms with E-state index >= 15 is 0 Å². The summed E-state index contributed by atoms with van der Waals surface area (Å²) in [7, 11) is 0. The van der Waals surface area contributed by atoms with E-state index in [0.29, 0.717) is 24.6 Å². The minimum atomic E-state index is -0.354. The number of β-amino-alcohol motifs (C(OH)–C–C–N with tert-alkyl or cyclic N) is 1. The molecule has 7 heteroatoms. The molecule has 148 valence electrons. The Balaban J connectivity index is 1.69. The number of nitrogens with one attached hydrogen (secondary N) is 1. The lowest BCUT2D eigenvalue weighted by molar-refractivity contribution is 0.154. The van der Waals surface area contributed by atoms with E-state index in [9.17, 15) is 5.11 Å². The number of piperidine rings is 1. The highest BCUT2D eigenvalue weighted by molar-refractivity contribution is 6.31. The standard InChI is InChI=1S/C22H22ClN5O/c1-14-5-6-15(10-20(14)23)12-25-21-19-11-16(24-2)7-8-18(19)22(27-26-21)28-9-3-4-17(29)13-28/h5-8,10-11,17,29H,3-4,9,12-13H2,1H3,(H,25,26)/t17-/m1/s1. The lowest BCUT2D eigenvalue weighted by Gasteiger charge is -2.31. The Morgan fingerprint density at radius 1 is 1.24 bits per heavy atom. The zero-order valence-corrected chi connectivity index (χ0v) is 16.9. The van der Waals surface area contributed by atoms with E-state index in [1.54, 1.807) is 6.07 Å². The van der Waals surface area contributed by atoms with Crippen LogP contribution in [-0.2, 0) is 6.54 Å². The SMILES string of the molecule is [C-]#[N+]c1ccc2c(N3CCC[C@@H](O)C3)nnc(NCc3ccc(C)c(Cl)c3)c2c1. The number of benzene rings is 2. The smallest absolute Gasteiger partial charge is 0.188 e. The van der Waals surface area contributed by atoms with Crippen molar-refractivity contribution in [3.8, 4) is 0 Å². The van der Waals surface area contributed by atoms with Gasteiger partial charge in [0.15, 0.2) is 17.3 Å². The fourth-order valence-electron chi connectivity index (χ4n) is 3.64. The predicted molar refractivity (Wildman–Crippen MR) is 117 cm³/mol. The molecule has 0 amide bonds. The van der Waals surface area contributed by atoms with Crippen LogP contribution in [-0.4, -0.2) is 34.5 Å². The fourth-order valence-corrected chi connectivity index (χ4v) is 3.84. The Kier molecular flexibility index (Phi) is 5.52. The average molecular weight is 408 g/mol. The van der Waals surface area contributed by atoms with Crippen LogP contribution in [0.4, 0.5) is 17.3 Å². The fraction of sp³-hybridized carbons (Fsp3) is 0.318. The van der Waals surface area contributed by atoms with Crippen molar-refractivity contribution < 1.29 is 5.11 Å². The highest BCUT2D eigenvalue weighted by Gasteiger charge is 2.22. The molecule has 1 aliphatic rings. The molecular formula is C22H22ClN5O. The summed E-state index contributed by atoms with van der Waals surface area (Å²) in [4.78, 5) is 5.63. The molecule has 0 spiro atoms. The summed E-state index contributed by atoms with van der Waals surface area (Å²) in [6.07, 6.45) is 1.37. The van der Waals surface area contributed by atoms with Gasteiger partial charge >= 0.3 is 0 Å². The predicted octanol–water partition coefficient (Wildman–Crippen LogP) is 4.72. The number of hydrogen-bond acceptors (Lipinski definition) is 5. The summed E-state index contributed by atoms with van der Waals surface area (Å²) in [6, 6.07) is 11.5. The highest BCUT2D eigenvalue weighted by Crippen LogP contribution is 2.33. The molecule has 2 heterocycles. The molecule has 2 N–H and O–H groups in total. The molecule has 2 aromatic carbocycles. The van der Waals surface area contributed by atoms with Gasteiger partial charge in [0.05, 0.1) is 12.7 Å². The molecule has 1 atom stereocenters. The van der Waals surface area contributed by atoms with Crippen molar-refractivity contribution in [2.75, 3.05) is 23.3 Å². The summed E-state index contributed by atoms with van der Waals surface area (Å²) in [5.41, 5.74) is 2.63. The number of aliphatic hydroxyl groups excluding tert-OH is 1. The van der Waals surface area contributed by atoms with Gasteiger partial charge in [0, 0.05) is 35.4 Å². The maximum atomic E-state index is 10.0. The zero-order valence-electron chi connectivity index (χ0n) is 16.2. The first kappa shape index (κ1) is 19.4. The molecule has 3 aromatic rings. The second-order valence-electron chi connectivity index (χ2n) is 7.39. The van der Waals surface area contributed by atoms with E-state index in [1.165, 1.54) is 0 Å². The van der Waals surface area contributed by atoms with Crippen LogP contribution < -0.4 is 10.2 Å². The van der Waals surface area contributed by atoms with Crippen LogP contribution >= 0.6 is 11.6 Å². The lowest BCUT2D eigenvalue weighted by Crippen LogP contribution is -2.39. The van der Waals surface area contributed by atoms with Gasteiger partial charge in [-0.15, -0.1) is 10.2 Å². The van der Waals surface area contributed by atoms with Gasteiger partial charge in [-0.2, -0.15) is 0 Å². The highest BCUT2D eigenvalue weighted by atomic mass is 35.5. The molecule has 0 bridgehead atoms. The van der Waals surface area contributed by atoms with Crippen molar-refractivity contribution >= 4 is 39.7 Å². The molecule has 0 saturated carbocycles. The maximum absolute atomic E-state index is 10.0. The molecule has 6 nitrogen and oxygen atoms in total. The molecule has 0 unspecified atom stereocenters. The maximum Gasteiger partial charge on any atom is 0.188 e. The van der Waals surface area contributed by atoms with E-state index in [1.807, 2.05) is 37.3 Å². The van der Waals surface area contributed by atoms with Crippen LogP contribution in [0.2, 0.25) is 5.02 Å². The summed E-state index contributed by atoms with van der Waals surface area (Å²) >= 11 is 6.23. The minimum absolute atomic E-state index is 0.354. The molecule has 29 heavy (non-hydrogen) atoms. The second kappa shape index (κ2) is 8.24. The minimum Gasteiger partial charge on any atom is -0.391 e. The van der Waals surface area contributed by atoms with E-state index in [-0.39, 0.29) is 6.10 Å². The Morgan fingerprint density at radius 3 is 2.86 bits per heavy atom. The first-order valence-corrected chi connectivity index (χ1v) is 10.0. The third-order valence-corrected chi connectivity index (χ3v) is 5.67. The van der Waals surface area contributed by atoms with Crippen molar-refractivity contribution in [3.63, 3.8) is 0 Å². The summed E-state index contributed by atoms with van der Waals surface area (Å²) in [6.45, 7) is 11.3. The van der Waals surface area contributed by atoms with Crippen molar-refractivity contribution in [3.05, 3.63) is 64.0 Å². The van der Waals surface area contributed by atoms with Crippen molar-refractivity contribution in [2.45, 2.75) is 32.4 Å². The molecule has 1 aliphatic heterocycles. The first-order valence-electron chi connectivity index (χ1n) is 9.65. The number of anilines is 2. The summed E-state index contributed by atoms with van der Waals surface area (Å²) in [5, 5.41) is 24.8. The van der Waals surface area contributed by atoms with Crippen molar-refractivity contribution in [1.82, 2.24) is 10.2 Å². The van der Waals surface area contributed by atoms with Crippen LogP contribution in [0.25, 0.3) is 15.6 Å². The van der Waals surface area contributed by atoms with Crippen LogP contribution in [0.15, 0.2) is 36.4 Å². The molecule has 0 aliphatic carbocycles. The molecule has 1 saturated heterocycles.